The van der Waals surface area contributed by atoms with E-state index < -0.39 is 6.03 Å². The van der Waals surface area contributed by atoms with E-state index in [0.29, 0.717) is 5.75 Å². The Bertz CT molecular complexity index is 477. The first-order valence-corrected chi connectivity index (χ1v) is 4.79. The predicted molar refractivity (Wildman–Crippen MR) is 62.6 cm³/mol. The van der Waals surface area contributed by atoms with Gasteiger partial charge in [0.2, 0.25) is 0 Å². The average Bonchev–Trinajstić information content (AvgIpc) is 2.29. The predicted octanol–water partition coefficient (Wildman–Crippen LogP) is 0.763. The van der Waals surface area contributed by atoms with Crippen molar-refractivity contribution in [3.8, 4) is 11.8 Å². The normalized spacial score (nSPS) is 9.88. The Labute approximate surface area is 98.7 Å². The molecule has 2 amide bonds. The lowest BCUT2D eigenvalue weighted by Crippen LogP contribution is -2.24. The molecule has 6 nitrogen and oxygen atoms in total. The van der Waals surface area contributed by atoms with E-state index in [-0.39, 0.29) is 6.42 Å². The summed E-state index contributed by atoms with van der Waals surface area (Å²) in [6.07, 6.45) is 1.68. The maximum Gasteiger partial charge on any atom is 0.332 e. The van der Waals surface area contributed by atoms with E-state index in [1.165, 1.54) is 6.21 Å². The monoisotopic (exact) mass is 232 g/mol. The zero-order valence-electron chi connectivity index (χ0n) is 9.30. The molecule has 17 heavy (non-hydrogen) atoms. The molecule has 0 aliphatic rings. The molecule has 0 atom stereocenters. The molecule has 6 heteroatoms. The number of nitrogens with one attached hydrogen (secondary N) is 1. The highest BCUT2D eigenvalue weighted by molar-refractivity contribution is 5.82. The molecule has 1 aromatic rings. The lowest BCUT2D eigenvalue weighted by molar-refractivity contribution is 0.249. The van der Waals surface area contributed by atoms with Crippen molar-refractivity contribution in [2.75, 3.05) is 7.11 Å². The van der Waals surface area contributed by atoms with Crippen molar-refractivity contribution in [2.24, 2.45) is 10.8 Å². The highest BCUT2D eigenvalue weighted by Gasteiger charge is 2.02. The van der Waals surface area contributed by atoms with Crippen molar-refractivity contribution >= 4 is 12.2 Å². The van der Waals surface area contributed by atoms with E-state index in [2.05, 4.69) is 10.5 Å². The highest BCUT2D eigenvalue weighted by atomic mass is 16.5. The van der Waals surface area contributed by atoms with Crippen LogP contribution in [-0.2, 0) is 6.42 Å². The quantitative estimate of drug-likeness (QED) is 0.592. The van der Waals surface area contributed by atoms with Gasteiger partial charge in [0, 0.05) is 5.56 Å². The minimum absolute atomic E-state index is 0.244. The summed E-state index contributed by atoms with van der Waals surface area (Å²) >= 11 is 0. The van der Waals surface area contributed by atoms with Crippen LogP contribution in [0.25, 0.3) is 0 Å². The number of carbonyl (C=O) groups excluding carboxylic acids is 1. The van der Waals surface area contributed by atoms with E-state index in [1.54, 1.807) is 25.3 Å². The zero-order chi connectivity index (χ0) is 12.7. The maximum absolute atomic E-state index is 10.4. The van der Waals surface area contributed by atoms with Crippen LogP contribution in [0.3, 0.4) is 0 Å². The third-order valence-electron chi connectivity index (χ3n) is 1.96. The number of nitrogens with two attached hydrogens (primary N) is 1. The first-order valence-electron chi connectivity index (χ1n) is 4.79. The van der Waals surface area contributed by atoms with Gasteiger partial charge in [-0.2, -0.15) is 10.4 Å². The fourth-order valence-corrected chi connectivity index (χ4v) is 1.27. The first-order chi connectivity index (χ1) is 8.17. The van der Waals surface area contributed by atoms with Crippen LogP contribution in [-0.4, -0.2) is 19.4 Å². The van der Waals surface area contributed by atoms with Gasteiger partial charge in [-0.25, -0.2) is 10.2 Å². The number of hydrazone groups is 1. The molecule has 1 aromatic carbocycles. The molecule has 0 saturated carbocycles. The number of ether oxygens (including phenoxy) is 1. The van der Waals surface area contributed by atoms with Crippen LogP contribution in [0, 0.1) is 11.3 Å². The number of nitrogens with zero attached hydrogens (tertiary/aromatic N) is 2. The number of primary amides is 1. The molecule has 88 valence electrons. The van der Waals surface area contributed by atoms with Crippen LogP contribution in [0.5, 0.6) is 5.75 Å². The lowest BCUT2D eigenvalue weighted by Gasteiger charge is -2.05. The molecule has 0 aliphatic carbocycles. The molecule has 0 bridgehead atoms. The molecule has 1 rings (SSSR count). The molecule has 0 aliphatic heterocycles. The second kappa shape index (κ2) is 6.12. The summed E-state index contributed by atoms with van der Waals surface area (Å²) in [4.78, 5) is 10.4. The molecule has 0 saturated heterocycles. The van der Waals surface area contributed by atoms with Gasteiger partial charge in [0.25, 0.3) is 0 Å². The number of carbonyl (C=O) groups is 1. The number of benzene rings is 1. The summed E-state index contributed by atoms with van der Waals surface area (Å²) in [5.74, 6) is 0.645. The van der Waals surface area contributed by atoms with Crippen LogP contribution in [0.1, 0.15) is 11.1 Å². The fraction of sp³-hybridized carbons (Fsp3) is 0.182. The summed E-state index contributed by atoms with van der Waals surface area (Å²) in [6, 6.07) is 6.56. The van der Waals surface area contributed by atoms with Crippen molar-refractivity contribution in [2.45, 2.75) is 6.42 Å². The Hall–Kier alpha value is -2.55. The van der Waals surface area contributed by atoms with Crippen LogP contribution >= 0.6 is 0 Å². The summed E-state index contributed by atoms with van der Waals surface area (Å²) in [5, 5.41) is 12.3. The lowest BCUT2D eigenvalue weighted by atomic mass is 10.1. The summed E-state index contributed by atoms with van der Waals surface area (Å²) in [5.41, 5.74) is 8.44. The Morgan fingerprint density at radius 3 is 3.06 bits per heavy atom. The molecule has 0 fully saturated rings. The molecule has 3 N–H and O–H groups in total. The molecule has 0 unspecified atom stereocenters. The van der Waals surface area contributed by atoms with Gasteiger partial charge in [0.15, 0.2) is 0 Å². The molecular formula is C11H12N4O2. The Balaban J connectivity index is 2.88. The minimum Gasteiger partial charge on any atom is -0.496 e. The summed E-state index contributed by atoms with van der Waals surface area (Å²) < 4.78 is 5.11. The van der Waals surface area contributed by atoms with E-state index >= 15 is 0 Å². The second-order valence-electron chi connectivity index (χ2n) is 3.14. The van der Waals surface area contributed by atoms with Gasteiger partial charge >= 0.3 is 6.03 Å². The Morgan fingerprint density at radius 1 is 1.71 bits per heavy atom. The maximum atomic E-state index is 10.4. The van der Waals surface area contributed by atoms with Gasteiger partial charge in [0.1, 0.15) is 5.75 Å². The average molecular weight is 232 g/mol. The van der Waals surface area contributed by atoms with E-state index in [9.17, 15) is 4.79 Å². The molecule has 0 radical (unpaired) electrons. The van der Waals surface area contributed by atoms with Gasteiger partial charge in [0.05, 0.1) is 25.8 Å². The highest BCUT2D eigenvalue weighted by Crippen LogP contribution is 2.19. The van der Waals surface area contributed by atoms with Crippen molar-refractivity contribution < 1.29 is 9.53 Å². The van der Waals surface area contributed by atoms with Crippen LogP contribution in [0.4, 0.5) is 4.79 Å². The first kappa shape index (κ1) is 12.5. The smallest absolute Gasteiger partial charge is 0.332 e. The van der Waals surface area contributed by atoms with Crippen LogP contribution < -0.4 is 15.9 Å². The number of hydrogen-bond acceptors (Lipinski definition) is 4. The summed E-state index contributed by atoms with van der Waals surface area (Å²) in [6.45, 7) is 0. The van der Waals surface area contributed by atoms with Gasteiger partial charge in [-0.15, -0.1) is 0 Å². The largest absolute Gasteiger partial charge is 0.496 e. The third-order valence-corrected chi connectivity index (χ3v) is 1.96. The van der Waals surface area contributed by atoms with Gasteiger partial charge in [-0.3, -0.25) is 0 Å². The van der Waals surface area contributed by atoms with Crippen LogP contribution in [0.15, 0.2) is 23.3 Å². The number of hydrogen-bond donors (Lipinski definition) is 2. The third kappa shape index (κ3) is 3.83. The molecule has 0 aromatic heterocycles. The summed E-state index contributed by atoms with van der Waals surface area (Å²) in [7, 11) is 1.54. The number of nitriles is 1. The Morgan fingerprint density at radius 2 is 2.47 bits per heavy atom. The van der Waals surface area contributed by atoms with Crippen LogP contribution in [0.2, 0.25) is 0 Å². The molecule has 0 spiro atoms. The molecule has 0 heterocycles. The number of methoxy groups -OCH3 is 1. The van der Waals surface area contributed by atoms with Crippen molar-refractivity contribution in [1.82, 2.24) is 5.43 Å². The second-order valence-corrected chi connectivity index (χ2v) is 3.14. The van der Waals surface area contributed by atoms with E-state index in [4.69, 9.17) is 15.7 Å². The van der Waals surface area contributed by atoms with Crippen molar-refractivity contribution in [3.63, 3.8) is 0 Å². The Kier molecular flexibility index (Phi) is 4.51. The topological polar surface area (TPSA) is 100 Å². The standard InChI is InChI=1S/C11H12N4O2/c1-17-10-3-2-8(6-9(10)4-5-12)7-14-15-11(13)16/h2-3,6-7H,4H2,1H3,(H3,13,15,16). The van der Waals surface area contributed by atoms with Gasteiger partial charge < -0.3 is 10.5 Å². The number of rotatable bonds is 4. The number of amides is 2. The van der Waals surface area contributed by atoms with Crippen molar-refractivity contribution in [3.05, 3.63) is 29.3 Å². The zero-order valence-corrected chi connectivity index (χ0v) is 9.30. The van der Waals surface area contributed by atoms with Gasteiger partial charge in [-0.1, -0.05) is 0 Å². The SMILES string of the molecule is COc1ccc(C=NNC(N)=O)cc1CC#N. The molecular weight excluding hydrogens is 220 g/mol. The number of urea groups is 1. The van der Waals surface area contributed by atoms with E-state index in [1.807, 2.05) is 6.07 Å². The van der Waals surface area contributed by atoms with Crippen molar-refractivity contribution in [1.29, 1.82) is 5.26 Å². The van der Waals surface area contributed by atoms with Gasteiger partial charge in [-0.05, 0) is 23.8 Å². The fourth-order valence-electron chi connectivity index (χ4n) is 1.27. The van der Waals surface area contributed by atoms with E-state index in [0.717, 1.165) is 11.1 Å². The minimum atomic E-state index is -0.730.